The van der Waals surface area contributed by atoms with Crippen LogP contribution in [0.25, 0.3) is 22.6 Å². The van der Waals surface area contributed by atoms with E-state index in [1.807, 2.05) is 4.90 Å². The zero-order valence-electron chi connectivity index (χ0n) is 24.2. The monoisotopic (exact) mass is 607 g/mol. The lowest BCUT2D eigenvalue weighted by Gasteiger charge is -2.42. The zero-order valence-corrected chi connectivity index (χ0v) is 24.2. The summed E-state index contributed by atoms with van der Waals surface area (Å²) in [7, 11) is 1.80. The van der Waals surface area contributed by atoms with E-state index in [1.54, 1.807) is 54.7 Å². The van der Waals surface area contributed by atoms with Gasteiger partial charge in [0.15, 0.2) is 0 Å². The molecular formula is C31H32F3N7O3. The number of piperidine rings is 1. The molecule has 2 fully saturated rings. The Morgan fingerprint density at radius 2 is 1.82 bits per heavy atom. The zero-order chi connectivity index (χ0) is 30.6. The summed E-state index contributed by atoms with van der Waals surface area (Å²) < 4.78 is 51.7. The number of rotatable bonds is 11. The highest BCUT2D eigenvalue weighted by molar-refractivity contribution is 5.87. The third-order valence-electron chi connectivity index (χ3n) is 8.24. The van der Waals surface area contributed by atoms with Crippen LogP contribution in [0.2, 0.25) is 0 Å². The fourth-order valence-electron chi connectivity index (χ4n) is 5.66. The van der Waals surface area contributed by atoms with Gasteiger partial charge in [-0.2, -0.15) is 8.78 Å². The number of nitrogens with zero attached hydrogens (tertiary/aromatic N) is 7. The number of ether oxygens (including phenoxy) is 1. The molecule has 4 aromatic rings. The van der Waals surface area contributed by atoms with Crippen molar-refractivity contribution >= 4 is 17.8 Å². The van der Waals surface area contributed by atoms with Gasteiger partial charge in [-0.15, -0.1) is 10.2 Å². The molecule has 0 aliphatic carbocycles. The fraction of sp³-hybridized carbons (Fsp3) is 0.387. The molecule has 5 heterocycles. The molecule has 0 atom stereocenters. The second kappa shape index (κ2) is 13.1. The summed E-state index contributed by atoms with van der Waals surface area (Å²) in [6.07, 6.45) is 4.53. The van der Waals surface area contributed by atoms with Crippen molar-refractivity contribution in [3.8, 4) is 22.6 Å². The van der Waals surface area contributed by atoms with Crippen LogP contribution in [0.4, 0.5) is 24.5 Å². The summed E-state index contributed by atoms with van der Waals surface area (Å²) in [5.41, 5.74) is 3.17. The predicted octanol–water partition coefficient (Wildman–Crippen LogP) is 4.98. The molecule has 2 saturated heterocycles. The number of amides is 1. The molecule has 44 heavy (non-hydrogen) atoms. The van der Waals surface area contributed by atoms with Crippen LogP contribution >= 0.6 is 0 Å². The number of carbonyl (C=O) groups is 1. The molecule has 6 rings (SSSR count). The number of likely N-dealkylation sites (tertiary alicyclic amines) is 1. The Morgan fingerprint density at radius 1 is 1.05 bits per heavy atom. The number of benzene rings is 1. The van der Waals surface area contributed by atoms with Crippen LogP contribution < -0.4 is 9.80 Å². The molecule has 13 heteroatoms. The summed E-state index contributed by atoms with van der Waals surface area (Å²) in [6, 6.07) is 10.5. The van der Waals surface area contributed by atoms with Gasteiger partial charge < -0.3 is 19.0 Å². The first-order chi connectivity index (χ1) is 21.4. The van der Waals surface area contributed by atoms with Crippen LogP contribution in [0.15, 0.2) is 59.4 Å². The smallest absolute Gasteiger partial charge is 0.314 e. The van der Waals surface area contributed by atoms with Crippen molar-refractivity contribution in [3.63, 3.8) is 0 Å². The molecule has 0 N–H and O–H groups in total. The van der Waals surface area contributed by atoms with Crippen LogP contribution in [0.5, 0.6) is 0 Å². The quantitative estimate of drug-likeness (QED) is 0.219. The molecule has 1 amide bonds. The van der Waals surface area contributed by atoms with E-state index in [9.17, 15) is 13.6 Å². The maximum atomic E-state index is 15.6. The van der Waals surface area contributed by atoms with Gasteiger partial charge in [0, 0.05) is 37.7 Å². The van der Waals surface area contributed by atoms with Crippen molar-refractivity contribution in [2.24, 2.45) is 5.92 Å². The Bertz CT molecular complexity index is 1560. The van der Waals surface area contributed by atoms with Gasteiger partial charge in [-0.3, -0.25) is 19.7 Å². The van der Waals surface area contributed by atoms with Crippen LogP contribution in [0, 0.1) is 11.7 Å². The molecular weight excluding hydrogens is 575 g/mol. The van der Waals surface area contributed by atoms with E-state index in [-0.39, 0.29) is 12.4 Å². The first-order valence-corrected chi connectivity index (χ1v) is 14.4. The van der Waals surface area contributed by atoms with Gasteiger partial charge in [0.1, 0.15) is 5.82 Å². The highest BCUT2D eigenvalue weighted by Gasteiger charge is 2.31. The molecule has 3 aromatic heterocycles. The number of hydrogen-bond acceptors (Lipinski definition) is 9. The van der Waals surface area contributed by atoms with Crippen LogP contribution in [-0.2, 0) is 16.1 Å². The van der Waals surface area contributed by atoms with Crippen molar-refractivity contribution in [2.75, 3.05) is 49.7 Å². The number of carbonyl (C=O) groups excluding carboxylic acids is 1. The van der Waals surface area contributed by atoms with Gasteiger partial charge in [-0.1, -0.05) is 0 Å². The first kappa shape index (κ1) is 29.7. The molecule has 10 nitrogen and oxygen atoms in total. The van der Waals surface area contributed by atoms with E-state index in [4.69, 9.17) is 9.15 Å². The topological polar surface area (TPSA) is 101 Å². The predicted molar refractivity (Wildman–Crippen MR) is 157 cm³/mol. The maximum absolute atomic E-state index is 15.6. The molecule has 0 radical (unpaired) electrons. The minimum atomic E-state index is -2.86. The van der Waals surface area contributed by atoms with Gasteiger partial charge in [0.25, 0.3) is 5.89 Å². The largest absolute Gasteiger partial charge is 0.415 e. The average molecular weight is 608 g/mol. The third kappa shape index (κ3) is 6.43. The summed E-state index contributed by atoms with van der Waals surface area (Å²) in [5, 5.41) is 7.01. The van der Waals surface area contributed by atoms with E-state index in [1.165, 1.54) is 12.3 Å². The molecule has 2 aliphatic heterocycles. The fourth-order valence-corrected chi connectivity index (χ4v) is 5.66. The van der Waals surface area contributed by atoms with Gasteiger partial charge in [0.2, 0.25) is 12.3 Å². The lowest BCUT2D eigenvalue weighted by molar-refractivity contribution is -0.107. The van der Waals surface area contributed by atoms with Crippen LogP contribution in [0.1, 0.15) is 30.9 Å². The molecule has 0 spiro atoms. The summed E-state index contributed by atoms with van der Waals surface area (Å²) in [5.74, 6) is -0.947. The van der Waals surface area contributed by atoms with E-state index in [0.717, 1.165) is 45.6 Å². The minimum absolute atomic E-state index is 0.0581. The van der Waals surface area contributed by atoms with Crippen molar-refractivity contribution in [1.29, 1.82) is 0 Å². The minimum Gasteiger partial charge on any atom is -0.415 e. The second-order valence-corrected chi connectivity index (χ2v) is 11.1. The Hall–Kier alpha value is -4.36. The number of aromatic nitrogens is 4. The van der Waals surface area contributed by atoms with Gasteiger partial charge in [-0.25, -0.2) is 4.39 Å². The number of alkyl halides is 2. The third-order valence-corrected chi connectivity index (χ3v) is 8.24. The lowest BCUT2D eigenvalue weighted by atomic mass is 9.94. The number of hydrogen-bond donors (Lipinski definition) is 0. The van der Waals surface area contributed by atoms with Gasteiger partial charge in [-0.05, 0) is 73.8 Å². The van der Waals surface area contributed by atoms with Gasteiger partial charge in [0.05, 0.1) is 48.4 Å². The molecule has 2 aliphatic rings. The number of anilines is 2. The normalized spacial score (nSPS) is 16.2. The second-order valence-electron chi connectivity index (χ2n) is 11.1. The van der Waals surface area contributed by atoms with E-state index < -0.39 is 18.1 Å². The van der Waals surface area contributed by atoms with E-state index >= 15 is 4.39 Å². The van der Waals surface area contributed by atoms with Crippen molar-refractivity contribution in [3.05, 3.63) is 72.4 Å². The van der Waals surface area contributed by atoms with Crippen molar-refractivity contribution in [1.82, 2.24) is 25.1 Å². The summed E-state index contributed by atoms with van der Waals surface area (Å²) in [6.45, 7) is 4.27. The molecule has 0 bridgehead atoms. The Labute approximate surface area is 252 Å². The maximum Gasteiger partial charge on any atom is 0.314 e. The number of pyridine rings is 2. The standard InChI is InChI=1S/C31H32F3N7O3/c1-39(16-23-3-2-22(14-36-23)30-37-38-31(44-30)29(33)34)27-13-26(32)25(21-4-8-35-9-5-21)12-28(27)41(19-42)15-20-6-10-40(11-7-20)24-17-43-18-24/h2-5,8-9,12-14,19-20,24,29H,6-7,10-11,15-18H2,1H3. The Morgan fingerprint density at radius 3 is 2.43 bits per heavy atom. The molecule has 1 aromatic carbocycles. The molecule has 0 saturated carbocycles. The molecule has 0 unspecified atom stereocenters. The molecule has 230 valence electrons. The Balaban J connectivity index is 1.24. The summed E-state index contributed by atoms with van der Waals surface area (Å²) >= 11 is 0. The van der Waals surface area contributed by atoms with E-state index in [2.05, 4.69) is 25.1 Å². The van der Waals surface area contributed by atoms with Crippen LogP contribution in [-0.4, -0.2) is 77.4 Å². The first-order valence-electron chi connectivity index (χ1n) is 14.4. The SMILES string of the molecule is CN(Cc1ccc(-c2nnc(C(F)F)o2)cn1)c1cc(F)c(-c2ccncc2)cc1N(C=O)CC1CCN(C2COC2)CC1. The average Bonchev–Trinajstić information content (AvgIpc) is 3.52. The van der Waals surface area contributed by atoms with Crippen molar-refractivity contribution < 1.29 is 27.1 Å². The Kier molecular flexibility index (Phi) is 8.84. The van der Waals surface area contributed by atoms with Gasteiger partial charge >= 0.3 is 6.43 Å². The highest BCUT2D eigenvalue weighted by Crippen LogP contribution is 2.37. The lowest BCUT2D eigenvalue weighted by Crippen LogP contribution is -2.52. The van der Waals surface area contributed by atoms with Crippen LogP contribution in [0.3, 0.4) is 0 Å². The highest BCUT2D eigenvalue weighted by atomic mass is 19.3. The summed E-state index contributed by atoms with van der Waals surface area (Å²) in [4.78, 5) is 27.0. The van der Waals surface area contributed by atoms with Crippen molar-refractivity contribution in [2.45, 2.75) is 31.9 Å². The van der Waals surface area contributed by atoms with E-state index in [0.29, 0.717) is 52.3 Å². The number of halogens is 3.